The molecule has 1 fully saturated rings. The SMILES string of the molecule is CC(C)CN(C(C)c1ccc(F)cc1)S(=O)(=O)c1ccc(OC2CCN(S(C)(=O)=O)CC2)cc1. The summed E-state index contributed by atoms with van der Waals surface area (Å²) < 4.78 is 72.6. The zero-order chi connectivity index (χ0) is 25.1. The predicted octanol–water partition coefficient (Wildman–Crippen LogP) is 4.04. The number of piperidine rings is 1. The van der Waals surface area contributed by atoms with Gasteiger partial charge in [0.05, 0.1) is 11.2 Å². The number of sulfonamides is 2. The van der Waals surface area contributed by atoms with Gasteiger partial charge in [0.25, 0.3) is 0 Å². The van der Waals surface area contributed by atoms with Crippen LogP contribution in [0.15, 0.2) is 53.4 Å². The number of hydrogen-bond donors (Lipinski definition) is 0. The van der Waals surface area contributed by atoms with E-state index in [1.54, 1.807) is 31.2 Å². The highest BCUT2D eigenvalue weighted by Crippen LogP contribution is 2.30. The Labute approximate surface area is 202 Å². The number of hydrogen-bond acceptors (Lipinski definition) is 5. The number of benzene rings is 2. The van der Waals surface area contributed by atoms with Gasteiger partial charge >= 0.3 is 0 Å². The molecule has 2 aromatic rings. The third-order valence-corrected chi connectivity index (χ3v) is 9.19. The molecule has 1 atom stereocenters. The predicted molar refractivity (Wildman–Crippen MR) is 130 cm³/mol. The Kier molecular flexibility index (Phi) is 8.38. The second-order valence-corrected chi connectivity index (χ2v) is 13.0. The molecule has 2 aromatic carbocycles. The summed E-state index contributed by atoms with van der Waals surface area (Å²) in [4.78, 5) is 0.154. The lowest BCUT2D eigenvalue weighted by molar-refractivity contribution is 0.135. The molecule has 0 saturated carbocycles. The minimum atomic E-state index is -3.82. The summed E-state index contributed by atoms with van der Waals surface area (Å²) >= 11 is 0. The van der Waals surface area contributed by atoms with E-state index in [2.05, 4.69) is 0 Å². The van der Waals surface area contributed by atoms with E-state index in [1.165, 1.54) is 39.1 Å². The molecule has 0 aromatic heterocycles. The summed E-state index contributed by atoms with van der Waals surface area (Å²) in [6, 6.07) is 11.7. The summed E-state index contributed by atoms with van der Waals surface area (Å²) in [6.45, 7) is 6.83. The van der Waals surface area contributed by atoms with Crippen LogP contribution < -0.4 is 4.74 Å². The zero-order valence-corrected chi connectivity index (χ0v) is 21.6. The molecule has 34 heavy (non-hydrogen) atoms. The number of halogens is 1. The summed E-state index contributed by atoms with van der Waals surface area (Å²) in [6.07, 6.45) is 2.22. The van der Waals surface area contributed by atoms with Gasteiger partial charge in [-0.25, -0.2) is 25.5 Å². The lowest BCUT2D eigenvalue weighted by Gasteiger charge is -2.31. The number of nitrogens with zero attached hydrogens (tertiary/aromatic N) is 2. The van der Waals surface area contributed by atoms with E-state index in [1.807, 2.05) is 13.8 Å². The van der Waals surface area contributed by atoms with Crippen molar-refractivity contribution in [1.29, 1.82) is 0 Å². The second kappa shape index (κ2) is 10.7. The quantitative estimate of drug-likeness (QED) is 0.506. The highest BCUT2D eigenvalue weighted by molar-refractivity contribution is 7.89. The minimum Gasteiger partial charge on any atom is -0.490 e. The van der Waals surface area contributed by atoms with Gasteiger partial charge in [-0.2, -0.15) is 4.31 Å². The first-order valence-electron chi connectivity index (χ1n) is 11.4. The average Bonchev–Trinajstić information content (AvgIpc) is 2.77. The van der Waals surface area contributed by atoms with Crippen molar-refractivity contribution >= 4 is 20.0 Å². The molecule has 0 amide bonds. The Bertz CT molecular complexity index is 1160. The van der Waals surface area contributed by atoms with E-state index in [4.69, 9.17) is 4.74 Å². The molecule has 0 spiro atoms. The summed E-state index contributed by atoms with van der Waals surface area (Å²) in [5.41, 5.74) is 0.714. The van der Waals surface area contributed by atoms with Gasteiger partial charge in [0.15, 0.2) is 0 Å². The van der Waals surface area contributed by atoms with Crippen LogP contribution in [0.1, 0.15) is 45.2 Å². The van der Waals surface area contributed by atoms with Crippen LogP contribution >= 0.6 is 0 Å². The second-order valence-electron chi connectivity index (χ2n) is 9.15. The van der Waals surface area contributed by atoms with Gasteiger partial charge in [-0.3, -0.25) is 0 Å². The molecule has 7 nitrogen and oxygen atoms in total. The molecule has 10 heteroatoms. The third kappa shape index (κ3) is 6.56. The van der Waals surface area contributed by atoms with Crippen LogP contribution in [0.2, 0.25) is 0 Å². The molecule has 188 valence electrons. The van der Waals surface area contributed by atoms with E-state index >= 15 is 0 Å². The largest absolute Gasteiger partial charge is 0.490 e. The summed E-state index contributed by atoms with van der Waals surface area (Å²) in [5, 5.41) is 0. The van der Waals surface area contributed by atoms with E-state index in [0.29, 0.717) is 43.8 Å². The Balaban J connectivity index is 1.74. The maximum atomic E-state index is 13.5. The van der Waals surface area contributed by atoms with Gasteiger partial charge in [-0.1, -0.05) is 26.0 Å². The van der Waals surface area contributed by atoms with Crippen molar-refractivity contribution in [1.82, 2.24) is 8.61 Å². The molecule has 1 unspecified atom stereocenters. The van der Waals surface area contributed by atoms with Gasteiger partial charge in [-0.05, 0) is 67.6 Å². The van der Waals surface area contributed by atoms with Gasteiger partial charge in [0.1, 0.15) is 17.7 Å². The molecular weight excluding hydrogens is 479 g/mol. The first-order valence-corrected chi connectivity index (χ1v) is 14.7. The van der Waals surface area contributed by atoms with Crippen molar-refractivity contribution in [3.05, 3.63) is 59.9 Å². The first kappa shape index (κ1) is 26.6. The Morgan fingerprint density at radius 1 is 0.971 bits per heavy atom. The monoisotopic (exact) mass is 512 g/mol. The maximum Gasteiger partial charge on any atom is 0.243 e. The maximum absolute atomic E-state index is 13.5. The lowest BCUT2D eigenvalue weighted by atomic mass is 10.1. The molecule has 3 rings (SSSR count). The van der Waals surface area contributed by atoms with E-state index in [0.717, 1.165) is 0 Å². The summed E-state index contributed by atoms with van der Waals surface area (Å²) in [7, 11) is -7.02. The van der Waals surface area contributed by atoms with Crippen LogP contribution in [-0.4, -0.2) is 57.4 Å². The van der Waals surface area contributed by atoms with E-state index in [-0.39, 0.29) is 22.7 Å². The lowest BCUT2D eigenvalue weighted by Crippen LogP contribution is -2.41. The molecule has 1 saturated heterocycles. The van der Waals surface area contributed by atoms with Crippen molar-refractivity contribution in [3.63, 3.8) is 0 Å². The van der Waals surface area contributed by atoms with Gasteiger partial charge in [0.2, 0.25) is 20.0 Å². The molecule has 1 aliphatic rings. The van der Waals surface area contributed by atoms with Crippen molar-refractivity contribution in [2.24, 2.45) is 5.92 Å². The highest BCUT2D eigenvalue weighted by atomic mass is 32.2. The summed E-state index contributed by atoms with van der Waals surface area (Å²) in [5.74, 6) is 0.267. The normalized spacial score (nSPS) is 17.3. The van der Waals surface area contributed by atoms with Crippen LogP contribution in [-0.2, 0) is 20.0 Å². The average molecular weight is 513 g/mol. The molecule has 0 N–H and O–H groups in total. The zero-order valence-electron chi connectivity index (χ0n) is 20.0. The van der Waals surface area contributed by atoms with Gasteiger partial charge < -0.3 is 4.74 Å². The van der Waals surface area contributed by atoms with E-state index < -0.39 is 26.1 Å². The Morgan fingerprint density at radius 3 is 2.03 bits per heavy atom. The van der Waals surface area contributed by atoms with Crippen molar-refractivity contribution in [2.75, 3.05) is 25.9 Å². The standard InChI is InChI=1S/C24H33FN2O5S2/c1-18(2)17-27(19(3)20-5-7-21(25)8-6-20)34(30,31)24-11-9-22(10-12-24)32-23-13-15-26(16-14-23)33(4,28)29/h5-12,18-19,23H,13-17H2,1-4H3. The smallest absolute Gasteiger partial charge is 0.243 e. The van der Waals surface area contributed by atoms with Crippen LogP contribution in [0, 0.1) is 11.7 Å². The fourth-order valence-corrected chi connectivity index (χ4v) is 6.69. The van der Waals surface area contributed by atoms with Crippen LogP contribution in [0.3, 0.4) is 0 Å². The van der Waals surface area contributed by atoms with Crippen molar-refractivity contribution in [3.8, 4) is 5.75 Å². The van der Waals surface area contributed by atoms with Crippen LogP contribution in [0.4, 0.5) is 4.39 Å². The van der Waals surface area contributed by atoms with Crippen LogP contribution in [0.5, 0.6) is 5.75 Å². The van der Waals surface area contributed by atoms with Crippen LogP contribution in [0.25, 0.3) is 0 Å². The van der Waals surface area contributed by atoms with Gasteiger partial charge in [-0.15, -0.1) is 0 Å². The molecule has 1 heterocycles. The topological polar surface area (TPSA) is 84.0 Å². The molecular formula is C24H33FN2O5S2. The van der Waals surface area contributed by atoms with E-state index in [9.17, 15) is 21.2 Å². The molecule has 0 bridgehead atoms. The molecule has 0 aliphatic carbocycles. The van der Waals surface area contributed by atoms with Gasteiger partial charge in [0, 0.05) is 25.7 Å². The Morgan fingerprint density at radius 2 is 1.53 bits per heavy atom. The number of ether oxygens (including phenoxy) is 1. The fraction of sp³-hybridized carbons (Fsp3) is 0.500. The van der Waals surface area contributed by atoms with Crippen molar-refractivity contribution in [2.45, 2.75) is 50.7 Å². The molecule has 1 aliphatic heterocycles. The first-order chi connectivity index (χ1) is 15.9. The third-order valence-electron chi connectivity index (χ3n) is 5.93. The minimum absolute atomic E-state index is 0.0954. The highest BCUT2D eigenvalue weighted by Gasteiger charge is 2.31. The molecule has 0 radical (unpaired) electrons. The van der Waals surface area contributed by atoms with Crippen molar-refractivity contribution < 1.29 is 26.0 Å². The Hall–Kier alpha value is -2.01. The fourth-order valence-electron chi connectivity index (χ4n) is 4.03. The number of rotatable bonds is 9.